The van der Waals surface area contributed by atoms with E-state index in [9.17, 15) is 9.59 Å². The average molecular weight is 284 g/mol. The lowest BCUT2D eigenvalue weighted by atomic mass is 9.96. The van der Waals surface area contributed by atoms with Gasteiger partial charge in [0.1, 0.15) is 5.78 Å². The number of Topliss-reactive ketones (excluding diaryl/α,β-unsaturated/α-hetero) is 2. The summed E-state index contributed by atoms with van der Waals surface area (Å²) in [4.78, 5) is 25.5. The Morgan fingerprint density at radius 3 is 2.00 bits per heavy atom. The predicted molar refractivity (Wildman–Crippen MR) is 81.2 cm³/mol. The molecule has 1 atom stereocenters. The second kappa shape index (κ2) is 6.53. The third-order valence-corrected chi connectivity index (χ3v) is 4.14. The largest absolute Gasteiger partial charge is 0.299 e. The molecule has 2 rings (SSSR count). The van der Waals surface area contributed by atoms with Crippen molar-refractivity contribution in [3.05, 3.63) is 60.2 Å². The van der Waals surface area contributed by atoms with Crippen molar-refractivity contribution in [3.8, 4) is 0 Å². The Kier molecular flexibility index (Phi) is 4.74. The van der Waals surface area contributed by atoms with Crippen LogP contribution in [0.4, 0.5) is 0 Å². The van der Waals surface area contributed by atoms with Gasteiger partial charge in [-0.25, -0.2) is 0 Å². The molecule has 0 heterocycles. The summed E-state index contributed by atoms with van der Waals surface area (Å²) in [5.74, 6) is -0.783. The van der Waals surface area contributed by atoms with E-state index in [0.717, 1.165) is 9.79 Å². The maximum Gasteiger partial charge on any atom is 0.173 e. The summed E-state index contributed by atoms with van der Waals surface area (Å²) < 4.78 is 0. The fraction of sp³-hybridized carbons (Fsp3) is 0.176. The third-order valence-electron chi connectivity index (χ3n) is 3.12. The highest BCUT2D eigenvalue weighted by Gasteiger charge is 2.18. The highest BCUT2D eigenvalue weighted by Crippen LogP contribution is 2.27. The van der Waals surface area contributed by atoms with Gasteiger partial charge in [0.25, 0.3) is 0 Å². The van der Waals surface area contributed by atoms with Gasteiger partial charge in [0.15, 0.2) is 5.78 Å². The van der Waals surface area contributed by atoms with Gasteiger partial charge in [0.2, 0.25) is 0 Å². The topological polar surface area (TPSA) is 34.1 Å². The first-order valence-electron chi connectivity index (χ1n) is 6.45. The summed E-state index contributed by atoms with van der Waals surface area (Å²) in [6, 6.07) is 17.5. The van der Waals surface area contributed by atoms with Crippen molar-refractivity contribution >= 4 is 23.3 Å². The lowest BCUT2D eigenvalue weighted by molar-refractivity contribution is -0.118. The van der Waals surface area contributed by atoms with Crippen molar-refractivity contribution in [2.45, 2.75) is 23.6 Å². The molecule has 0 radical (unpaired) electrons. The molecular weight excluding hydrogens is 268 g/mol. The van der Waals surface area contributed by atoms with Crippen LogP contribution in [0.2, 0.25) is 0 Å². The smallest absolute Gasteiger partial charge is 0.173 e. The van der Waals surface area contributed by atoms with Crippen LogP contribution >= 0.6 is 11.8 Å². The van der Waals surface area contributed by atoms with Crippen LogP contribution < -0.4 is 0 Å². The summed E-state index contributed by atoms with van der Waals surface area (Å²) in [5.41, 5.74) is 0.588. The monoisotopic (exact) mass is 284 g/mol. The predicted octanol–water partition coefficient (Wildman–Crippen LogP) is 4.25. The van der Waals surface area contributed by atoms with Crippen molar-refractivity contribution in [1.29, 1.82) is 0 Å². The molecule has 0 aliphatic carbocycles. The Morgan fingerprint density at radius 2 is 1.45 bits per heavy atom. The van der Waals surface area contributed by atoms with Crippen LogP contribution in [0.15, 0.2) is 64.4 Å². The molecule has 0 N–H and O–H groups in total. The first-order chi connectivity index (χ1) is 9.58. The number of carbonyl (C=O) groups is 2. The van der Waals surface area contributed by atoms with Crippen LogP contribution in [0.5, 0.6) is 0 Å². The standard InChI is InChI=1S/C17H16O2S/c1-12(13(2)18)17(19)14-8-10-16(11-9-14)20-15-6-4-3-5-7-15/h3-12H,1-2H3. The molecule has 2 aromatic carbocycles. The number of hydrogen-bond acceptors (Lipinski definition) is 3. The highest BCUT2D eigenvalue weighted by molar-refractivity contribution is 7.99. The highest BCUT2D eigenvalue weighted by atomic mass is 32.2. The summed E-state index contributed by atoms with van der Waals surface area (Å²) in [6.07, 6.45) is 0. The van der Waals surface area contributed by atoms with Crippen molar-refractivity contribution in [2.24, 2.45) is 5.92 Å². The molecule has 3 heteroatoms. The van der Waals surface area contributed by atoms with E-state index in [1.165, 1.54) is 6.92 Å². The van der Waals surface area contributed by atoms with E-state index in [1.807, 2.05) is 42.5 Å². The fourth-order valence-electron chi connectivity index (χ4n) is 1.75. The fourth-order valence-corrected chi connectivity index (χ4v) is 2.58. The van der Waals surface area contributed by atoms with E-state index in [0.29, 0.717) is 5.56 Å². The molecule has 0 amide bonds. The summed E-state index contributed by atoms with van der Waals surface area (Å²) >= 11 is 1.64. The lowest BCUT2D eigenvalue weighted by Gasteiger charge is -2.07. The van der Waals surface area contributed by atoms with Gasteiger partial charge in [0, 0.05) is 15.4 Å². The van der Waals surface area contributed by atoms with Gasteiger partial charge in [-0.05, 0) is 38.1 Å². The van der Waals surface area contributed by atoms with Crippen molar-refractivity contribution in [2.75, 3.05) is 0 Å². The molecule has 0 spiro atoms. The Morgan fingerprint density at radius 1 is 0.900 bits per heavy atom. The van der Waals surface area contributed by atoms with Gasteiger partial charge in [-0.2, -0.15) is 0 Å². The van der Waals surface area contributed by atoms with E-state index in [2.05, 4.69) is 0 Å². The summed E-state index contributed by atoms with van der Waals surface area (Å²) in [7, 11) is 0. The Bertz CT molecular complexity index is 603. The normalized spacial score (nSPS) is 11.9. The van der Waals surface area contributed by atoms with E-state index in [1.54, 1.807) is 30.8 Å². The number of benzene rings is 2. The molecule has 2 nitrogen and oxygen atoms in total. The van der Waals surface area contributed by atoms with E-state index < -0.39 is 5.92 Å². The SMILES string of the molecule is CC(=O)C(C)C(=O)c1ccc(Sc2ccccc2)cc1. The van der Waals surface area contributed by atoms with E-state index in [-0.39, 0.29) is 11.6 Å². The molecule has 2 aromatic rings. The minimum Gasteiger partial charge on any atom is -0.299 e. The van der Waals surface area contributed by atoms with Crippen LogP contribution in [0.3, 0.4) is 0 Å². The molecule has 0 aliphatic heterocycles. The molecule has 0 saturated carbocycles. The van der Waals surface area contributed by atoms with Gasteiger partial charge in [0.05, 0.1) is 5.92 Å². The zero-order chi connectivity index (χ0) is 14.5. The molecule has 102 valence electrons. The van der Waals surface area contributed by atoms with Gasteiger partial charge in [-0.3, -0.25) is 9.59 Å². The Hall–Kier alpha value is -1.87. The Balaban J connectivity index is 2.10. The van der Waals surface area contributed by atoms with Crippen LogP contribution in [0.1, 0.15) is 24.2 Å². The lowest BCUT2D eigenvalue weighted by Crippen LogP contribution is -2.18. The maximum absolute atomic E-state index is 12.0. The number of rotatable bonds is 5. The van der Waals surface area contributed by atoms with Crippen molar-refractivity contribution in [1.82, 2.24) is 0 Å². The van der Waals surface area contributed by atoms with Gasteiger partial charge in [-0.15, -0.1) is 0 Å². The molecule has 0 aromatic heterocycles. The number of ketones is 2. The molecule has 0 saturated heterocycles. The van der Waals surface area contributed by atoms with Gasteiger partial charge in [-0.1, -0.05) is 42.1 Å². The van der Waals surface area contributed by atoms with E-state index >= 15 is 0 Å². The number of hydrogen-bond donors (Lipinski definition) is 0. The minimum absolute atomic E-state index is 0.0993. The number of carbonyl (C=O) groups excluding carboxylic acids is 2. The first kappa shape index (κ1) is 14.5. The first-order valence-corrected chi connectivity index (χ1v) is 7.27. The third kappa shape index (κ3) is 3.58. The summed E-state index contributed by atoms with van der Waals surface area (Å²) in [6.45, 7) is 3.10. The average Bonchev–Trinajstić information content (AvgIpc) is 2.47. The maximum atomic E-state index is 12.0. The second-order valence-electron chi connectivity index (χ2n) is 4.64. The quantitative estimate of drug-likeness (QED) is 0.608. The minimum atomic E-state index is -0.567. The molecule has 20 heavy (non-hydrogen) atoms. The van der Waals surface area contributed by atoms with Crippen molar-refractivity contribution < 1.29 is 9.59 Å². The molecular formula is C17H16O2S. The molecule has 1 unspecified atom stereocenters. The van der Waals surface area contributed by atoms with Crippen LogP contribution in [0, 0.1) is 5.92 Å². The van der Waals surface area contributed by atoms with Crippen LogP contribution in [0.25, 0.3) is 0 Å². The zero-order valence-corrected chi connectivity index (χ0v) is 12.3. The van der Waals surface area contributed by atoms with Crippen LogP contribution in [-0.2, 0) is 4.79 Å². The molecule has 0 bridgehead atoms. The molecule has 0 aliphatic rings. The molecule has 0 fully saturated rings. The van der Waals surface area contributed by atoms with Gasteiger partial charge >= 0.3 is 0 Å². The van der Waals surface area contributed by atoms with Crippen LogP contribution in [-0.4, -0.2) is 11.6 Å². The van der Waals surface area contributed by atoms with Crippen molar-refractivity contribution in [3.63, 3.8) is 0 Å². The zero-order valence-electron chi connectivity index (χ0n) is 11.5. The second-order valence-corrected chi connectivity index (χ2v) is 5.78. The Labute approximate surface area is 123 Å². The summed E-state index contributed by atoms with van der Waals surface area (Å²) in [5, 5.41) is 0. The van der Waals surface area contributed by atoms with E-state index in [4.69, 9.17) is 0 Å². The van der Waals surface area contributed by atoms with Gasteiger partial charge < -0.3 is 0 Å².